The second-order valence-corrected chi connectivity index (χ2v) is 2.12. The van der Waals surface area contributed by atoms with Gasteiger partial charge in [0.15, 0.2) is 5.89 Å². The molecule has 5 nitrogen and oxygen atoms in total. The molecule has 0 atom stereocenters. The summed E-state index contributed by atoms with van der Waals surface area (Å²) < 4.78 is 5.12. The monoisotopic (exact) mass is 152 g/mol. The summed E-state index contributed by atoms with van der Waals surface area (Å²) in [6.45, 7) is 3.81. The van der Waals surface area contributed by atoms with E-state index in [0.717, 1.165) is 5.76 Å². The molecule has 0 bridgehead atoms. The van der Waals surface area contributed by atoms with Crippen LogP contribution in [0.4, 0.5) is 0 Å². The predicted molar refractivity (Wildman–Crippen MR) is 38.8 cm³/mol. The highest BCUT2D eigenvalue weighted by molar-refractivity contribution is 5.07. The Morgan fingerprint density at radius 1 is 1.64 bits per heavy atom. The predicted octanol–water partition coefficient (Wildman–Crippen LogP) is 2.10. The summed E-state index contributed by atoms with van der Waals surface area (Å²) >= 11 is 0. The van der Waals surface area contributed by atoms with Crippen LogP contribution in [0.2, 0.25) is 0 Å². The van der Waals surface area contributed by atoms with Crippen molar-refractivity contribution >= 4 is 0 Å². The van der Waals surface area contributed by atoms with Crippen LogP contribution in [0, 0.1) is 13.8 Å². The molecule has 0 aliphatic heterocycles. The molecule has 1 heterocycles. The Morgan fingerprint density at radius 2 is 2.36 bits per heavy atom. The third-order valence-electron chi connectivity index (χ3n) is 1.28. The lowest BCUT2D eigenvalue weighted by atomic mass is 10.4. The number of aromatic nitrogens is 1. The minimum Gasteiger partial charge on any atom is -0.446 e. The van der Waals surface area contributed by atoms with Gasteiger partial charge in [-0.1, -0.05) is 5.11 Å². The molecule has 0 aromatic carbocycles. The zero-order valence-electron chi connectivity index (χ0n) is 6.40. The Bertz CT molecular complexity index is 298. The minimum atomic E-state index is 0.264. The van der Waals surface area contributed by atoms with E-state index in [2.05, 4.69) is 15.0 Å². The van der Waals surface area contributed by atoms with Crippen molar-refractivity contribution in [2.24, 2.45) is 5.11 Å². The molecule has 58 valence electrons. The molecule has 1 rings (SSSR count). The van der Waals surface area contributed by atoms with E-state index in [1.165, 1.54) is 0 Å². The SMILES string of the molecule is Cc1nc(CN=[N+]=[N-])c(C)o1. The highest BCUT2D eigenvalue weighted by atomic mass is 16.4. The fraction of sp³-hybridized carbons (Fsp3) is 0.500. The Hall–Kier alpha value is -1.48. The van der Waals surface area contributed by atoms with Gasteiger partial charge in [-0.25, -0.2) is 4.98 Å². The summed E-state index contributed by atoms with van der Waals surface area (Å²) in [5, 5.41) is 3.37. The summed E-state index contributed by atoms with van der Waals surface area (Å²) in [5.41, 5.74) is 8.73. The van der Waals surface area contributed by atoms with Crippen LogP contribution >= 0.6 is 0 Å². The molecule has 0 unspecified atom stereocenters. The van der Waals surface area contributed by atoms with Crippen molar-refractivity contribution in [1.82, 2.24) is 4.98 Å². The lowest BCUT2D eigenvalue weighted by molar-refractivity contribution is 0.493. The zero-order valence-corrected chi connectivity index (χ0v) is 6.40. The van der Waals surface area contributed by atoms with Gasteiger partial charge in [-0.2, -0.15) is 0 Å². The van der Waals surface area contributed by atoms with Gasteiger partial charge in [0.25, 0.3) is 0 Å². The molecule has 0 aliphatic carbocycles. The fourth-order valence-electron chi connectivity index (χ4n) is 0.817. The lowest BCUT2D eigenvalue weighted by Crippen LogP contribution is -1.82. The fourth-order valence-corrected chi connectivity index (χ4v) is 0.817. The molecule has 0 fully saturated rings. The lowest BCUT2D eigenvalue weighted by Gasteiger charge is -1.84. The smallest absolute Gasteiger partial charge is 0.191 e. The normalized spacial score (nSPS) is 9.27. The van der Waals surface area contributed by atoms with E-state index in [4.69, 9.17) is 9.95 Å². The van der Waals surface area contributed by atoms with Crippen LogP contribution in [0.15, 0.2) is 9.53 Å². The standard InChI is InChI=1S/C6H8N4O/c1-4-6(3-8-10-7)9-5(2)11-4/h3H2,1-2H3. The first-order valence-corrected chi connectivity index (χ1v) is 3.18. The second-order valence-electron chi connectivity index (χ2n) is 2.12. The van der Waals surface area contributed by atoms with Gasteiger partial charge < -0.3 is 4.42 Å². The largest absolute Gasteiger partial charge is 0.446 e. The molecule has 11 heavy (non-hydrogen) atoms. The third kappa shape index (κ3) is 1.72. The number of hydrogen-bond donors (Lipinski definition) is 0. The Kier molecular flexibility index (Phi) is 2.13. The number of azide groups is 1. The van der Waals surface area contributed by atoms with Gasteiger partial charge >= 0.3 is 0 Å². The minimum absolute atomic E-state index is 0.264. The number of aryl methyl sites for hydroxylation is 2. The van der Waals surface area contributed by atoms with Crippen molar-refractivity contribution in [2.45, 2.75) is 20.4 Å². The Balaban J connectivity index is 2.85. The van der Waals surface area contributed by atoms with E-state index in [-0.39, 0.29) is 6.54 Å². The van der Waals surface area contributed by atoms with E-state index in [9.17, 15) is 0 Å². The summed E-state index contributed by atoms with van der Waals surface area (Å²) in [4.78, 5) is 6.64. The van der Waals surface area contributed by atoms with Crippen molar-refractivity contribution in [1.29, 1.82) is 0 Å². The van der Waals surface area contributed by atoms with Crippen molar-refractivity contribution in [3.8, 4) is 0 Å². The van der Waals surface area contributed by atoms with Gasteiger partial charge in [0.1, 0.15) is 5.76 Å². The molecule has 0 radical (unpaired) electrons. The Morgan fingerprint density at radius 3 is 2.82 bits per heavy atom. The van der Waals surface area contributed by atoms with Crippen molar-refractivity contribution in [3.05, 3.63) is 27.8 Å². The van der Waals surface area contributed by atoms with Crippen LogP contribution < -0.4 is 0 Å². The van der Waals surface area contributed by atoms with E-state index in [1.54, 1.807) is 13.8 Å². The molecular weight excluding hydrogens is 144 g/mol. The molecular formula is C6H8N4O. The maximum absolute atomic E-state index is 8.03. The van der Waals surface area contributed by atoms with Crippen LogP contribution in [-0.2, 0) is 6.54 Å². The molecule has 0 saturated heterocycles. The van der Waals surface area contributed by atoms with E-state index in [1.807, 2.05) is 0 Å². The van der Waals surface area contributed by atoms with Crippen LogP contribution in [0.1, 0.15) is 17.3 Å². The summed E-state index contributed by atoms with van der Waals surface area (Å²) in [5.74, 6) is 1.32. The molecule has 1 aromatic heterocycles. The Labute approximate surface area is 63.7 Å². The molecule has 0 aliphatic rings. The van der Waals surface area contributed by atoms with E-state index >= 15 is 0 Å². The van der Waals surface area contributed by atoms with Crippen LogP contribution in [0.3, 0.4) is 0 Å². The van der Waals surface area contributed by atoms with Crippen molar-refractivity contribution in [3.63, 3.8) is 0 Å². The first-order valence-electron chi connectivity index (χ1n) is 3.18. The van der Waals surface area contributed by atoms with Gasteiger partial charge in [0, 0.05) is 11.8 Å². The first-order chi connectivity index (χ1) is 5.24. The maximum atomic E-state index is 8.03. The molecule has 0 N–H and O–H groups in total. The van der Waals surface area contributed by atoms with Gasteiger partial charge in [0.2, 0.25) is 0 Å². The quantitative estimate of drug-likeness (QED) is 0.369. The van der Waals surface area contributed by atoms with Gasteiger partial charge in [-0.15, -0.1) is 0 Å². The number of rotatable bonds is 2. The topological polar surface area (TPSA) is 74.8 Å². The molecule has 1 aromatic rings. The zero-order chi connectivity index (χ0) is 8.27. The van der Waals surface area contributed by atoms with Crippen molar-refractivity contribution < 1.29 is 4.42 Å². The number of nitrogens with zero attached hydrogens (tertiary/aromatic N) is 4. The first kappa shape index (κ1) is 7.63. The summed E-state index contributed by atoms with van der Waals surface area (Å²) in [6.07, 6.45) is 0. The number of oxazole rings is 1. The van der Waals surface area contributed by atoms with E-state index in [0.29, 0.717) is 11.6 Å². The highest BCUT2D eigenvalue weighted by Crippen LogP contribution is 2.09. The second kappa shape index (κ2) is 3.07. The van der Waals surface area contributed by atoms with E-state index < -0.39 is 0 Å². The average Bonchev–Trinajstić information content (AvgIpc) is 2.26. The van der Waals surface area contributed by atoms with Crippen LogP contribution in [0.5, 0.6) is 0 Å². The summed E-state index contributed by atoms with van der Waals surface area (Å²) in [6, 6.07) is 0. The summed E-state index contributed by atoms with van der Waals surface area (Å²) in [7, 11) is 0. The number of hydrogen-bond acceptors (Lipinski definition) is 3. The van der Waals surface area contributed by atoms with Crippen LogP contribution in [-0.4, -0.2) is 4.98 Å². The van der Waals surface area contributed by atoms with Gasteiger partial charge in [-0.3, -0.25) is 0 Å². The van der Waals surface area contributed by atoms with Gasteiger partial charge in [0.05, 0.1) is 12.2 Å². The molecule has 0 amide bonds. The highest BCUT2D eigenvalue weighted by Gasteiger charge is 2.03. The molecule has 5 heteroatoms. The van der Waals surface area contributed by atoms with Gasteiger partial charge in [-0.05, 0) is 12.5 Å². The van der Waals surface area contributed by atoms with Crippen molar-refractivity contribution in [2.75, 3.05) is 0 Å². The molecule has 0 saturated carbocycles. The van der Waals surface area contributed by atoms with Crippen LogP contribution in [0.25, 0.3) is 10.4 Å². The third-order valence-corrected chi connectivity index (χ3v) is 1.28. The molecule has 0 spiro atoms. The maximum Gasteiger partial charge on any atom is 0.191 e. The average molecular weight is 152 g/mol.